The minimum absolute atomic E-state index is 0.0331. The number of hydrogen-bond acceptors (Lipinski definition) is 5. The van der Waals surface area contributed by atoms with Gasteiger partial charge in [0.1, 0.15) is 10.6 Å². The van der Waals surface area contributed by atoms with Gasteiger partial charge in [0.05, 0.1) is 29.2 Å². The molecule has 196 valence electrons. The molecule has 1 fully saturated rings. The first kappa shape index (κ1) is 26.3. The lowest BCUT2D eigenvalue weighted by Crippen LogP contribution is -2.52. The average Bonchev–Trinajstić information content (AvgIpc) is 2.83. The third-order valence-electron chi connectivity index (χ3n) is 6.99. The summed E-state index contributed by atoms with van der Waals surface area (Å²) in [7, 11) is -4.55. The van der Waals surface area contributed by atoms with E-state index >= 15 is 4.39 Å². The Labute approximate surface area is 204 Å². The van der Waals surface area contributed by atoms with Gasteiger partial charge in [0.25, 0.3) is 0 Å². The molecule has 2 aromatic rings. The van der Waals surface area contributed by atoms with Crippen LogP contribution >= 0.6 is 0 Å². The summed E-state index contributed by atoms with van der Waals surface area (Å²) in [6.45, 7) is -0.465. The Hall–Kier alpha value is -2.73. The van der Waals surface area contributed by atoms with E-state index in [9.17, 15) is 30.8 Å². The van der Waals surface area contributed by atoms with Gasteiger partial charge in [-0.1, -0.05) is 0 Å². The summed E-state index contributed by atoms with van der Waals surface area (Å²) in [5, 5.41) is 11.4. The highest BCUT2D eigenvalue weighted by Gasteiger charge is 2.59. The van der Waals surface area contributed by atoms with Gasteiger partial charge < -0.3 is 15.2 Å². The molecule has 0 spiro atoms. The van der Waals surface area contributed by atoms with Crippen LogP contribution in [0.1, 0.15) is 36.8 Å². The van der Waals surface area contributed by atoms with Crippen LogP contribution in [-0.4, -0.2) is 39.2 Å². The van der Waals surface area contributed by atoms with Crippen LogP contribution in [0.25, 0.3) is 0 Å². The van der Waals surface area contributed by atoms with E-state index in [0.717, 1.165) is 24.3 Å². The number of alkyl halides is 3. The number of sulfone groups is 1. The number of aliphatic hydroxyl groups excluding tert-OH is 1. The van der Waals surface area contributed by atoms with Gasteiger partial charge in [-0.2, -0.15) is 13.2 Å². The van der Waals surface area contributed by atoms with Crippen LogP contribution in [0.15, 0.2) is 41.3 Å². The molecule has 0 bridgehead atoms. The maximum atomic E-state index is 15.2. The van der Waals surface area contributed by atoms with E-state index in [1.807, 2.05) is 0 Å². The number of halogens is 5. The largest absolute Gasteiger partial charge is 0.490 e. The second kappa shape index (κ2) is 9.62. The molecule has 1 aliphatic carbocycles. The molecular weight excluding hydrogens is 509 g/mol. The highest BCUT2D eigenvalue weighted by Crippen LogP contribution is 2.57. The number of aliphatic hydroxyl groups is 1. The van der Waals surface area contributed by atoms with E-state index in [4.69, 9.17) is 9.84 Å². The fraction of sp³-hybridized carbons (Fsp3) is 0.458. The van der Waals surface area contributed by atoms with Gasteiger partial charge in [0.15, 0.2) is 21.4 Å². The van der Waals surface area contributed by atoms with Gasteiger partial charge in [0, 0.05) is 18.9 Å². The monoisotopic (exact) mass is 533 g/mol. The quantitative estimate of drug-likeness (QED) is 0.549. The Morgan fingerprint density at radius 2 is 1.78 bits per heavy atom. The van der Waals surface area contributed by atoms with Gasteiger partial charge >= 0.3 is 6.18 Å². The standard InChI is InChI=1S/C24H24F5NO5S/c25-18-5-6-19(26)22-21(18)23(36(33,34)17-3-1-15(2-4-17)24(27,28)29)8-7-14(11-16(23)13-35-22)12-20(32)30-9-10-31/h1-6,14,16,31H,7-13H2,(H,30,32)/t14-,16-,23+/m1/s1. The van der Waals surface area contributed by atoms with Gasteiger partial charge in [0.2, 0.25) is 5.91 Å². The summed E-state index contributed by atoms with van der Waals surface area (Å²) < 4.78 is 101. The van der Waals surface area contributed by atoms with Crippen molar-refractivity contribution in [3.63, 3.8) is 0 Å². The number of carbonyl (C=O) groups is 1. The normalized spacial score (nSPS) is 23.8. The molecular formula is C24H24F5NO5S. The van der Waals surface area contributed by atoms with E-state index in [-0.39, 0.29) is 57.3 Å². The number of fused-ring (bicyclic) bond motifs is 3. The highest BCUT2D eigenvalue weighted by atomic mass is 32.2. The SMILES string of the molecule is O=C(C[C@@H]1CC[C@@]2(S(=O)(=O)c3ccc(C(F)(F)F)cc3)c3c(F)ccc(F)c3OC[C@H]2C1)NCCO. The Morgan fingerprint density at radius 1 is 1.11 bits per heavy atom. The molecule has 0 saturated heterocycles. The maximum absolute atomic E-state index is 15.2. The molecule has 1 heterocycles. The van der Waals surface area contributed by atoms with Gasteiger partial charge in [-0.05, 0) is 61.6 Å². The number of nitrogens with one attached hydrogen (secondary N) is 1. The number of amides is 1. The van der Waals surface area contributed by atoms with Crippen molar-refractivity contribution in [2.75, 3.05) is 19.8 Å². The lowest BCUT2D eigenvalue weighted by Gasteiger charge is -2.49. The molecule has 6 nitrogen and oxygen atoms in total. The van der Waals surface area contributed by atoms with E-state index in [1.165, 1.54) is 0 Å². The summed E-state index contributed by atoms with van der Waals surface area (Å²) in [5.41, 5.74) is -1.51. The lowest BCUT2D eigenvalue weighted by atomic mass is 9.68. The van der Waals surface area contributed by atoms with Crippen LogP contribution in [0.3, 0.4) is 0 Å². The Kier molecular flexibility index (Phi) is 7.04. The summed E-state index contributed by atoms with van der Waals surface area (Å²) in [5.74, 6) is -4.00. The fourth-order valence-electron chi connectivity index (χ4n) is 5.35. The van der Waals surface area contributed by atoms with Crippen LogP contribution in [0.4, 0.5) is 22.0 Å². The van der Waals surface area contributed by atoms with Crippen LogP contribution < -0.4 is 10.1 Å². The molecule has 4 rings (SSSR count). The molecule has 0 unspecified atom stereocenters. The van der Waals surface area contributed by atoms with Crippen LogP contribution in [0.5, 0.6) is 5.75 Å². The Morgan fingerprint density at radius 3 is 2.42 bits per heavy atom. The second-order valence-corrected chi connectivity index (χ2v) is 11.3. The topological polar surface area (TPSA) is 92.7 Å². The minimum Gasteiger partial charge on any atom is -0.490 e. The van der Waals surface area contributed by atoms with Crippen molar-refractivity contribution < 1.29 is 45.0 Å². The molecule has 3 atom stereocenters. The number of rotatable bonds is 6. The molecule has 36 heavy (non-hydrogen) atoms. The maximum Gasteiger partial charge on any atom is 0.416 e. The van der Waals surface area contributed by atoms with Gasteiger partial charge in [-0.3, -0.25) is 4.79 Å². The predicted octanol–water partition coefficient (Wildman–Crippen LogP) is 3.96. The minimum atomic E-state index is -4.68. The van der Waals surface area contributed by atoms with Crippen molar-refractivity contribution in [2.45, 2.75) is 41.5 Å². The zero-order chi connectivity index (χ0) is 26.3. The Balaban J connectivity index is 1.79. The molecule has 2 aliphatic rings. The molecule has 2 N–H and O–H groups in total. The fourth-order valence-corrected chi connectivity index (χ4v) is 7.72. The number of benzene rings is 2. The molecule has 1 amide bonds. The third kappa shape index (κ3) is 4.45. The van der Waals surface area contributed by atoms with E-state index in [1.54, 1.807) is 0 Å². The summed E-state index contributed by atoms with van der Waals surface area (Å²) >= 11 is 0. The number of hydrogen-bond donors (Lipinski definition) is 2. The van der Waals surface area contributed by atoms with Gasteiger partial charge in [-0.25, -0.2) is 17.2 Å². The van der Waals surface area contributed by atoms with Crippen molar-refractivity contribution in [3.8, 4) is 5.75 Å². The number of carbonyl (C=O) groups excluding carboxylic acids is 1. The molecule has 2 aromatic carbocycles. The lowest BCUT2D eigenvalue weighted by molar-refractivity contribution is -0.137. The molecule has 1 saturated carbocycles. The Bertz CT molecular complexity index is 1250. The van der Waals surface area contributed by atoms with Crippen molar-refractivity contribution >= 4 is 15.7 Å². The zero-order valence-electron chi connectivity index (χ0n) is 18.9. The first-order valence-electron chi connectivity index (χ1n) is 11.3. The summed E-state index contributed by atoms with van der Waals surface area (Å²) in [4.78, 5) is 11.7. The van der Waals surface area contributed by atoms with Crippen molar-refractivity contribution in [2.24, 2.45) is 11.8 Å². The second-order valence-electron chi connectivity index (χ2n) is 9.07. The van der Waals surface area contributed by atoms with Crippen molar-refractivity contribution in [1.29, 1.82) is 0 Å². The van der Waals surface area contributed by atoms with Gasteiger partial charge in [-0.15, -0.1) is 0 Å². The van der Waals surface area contributed by atoms with E-state index in [0.29, 0.717) is 12.1 Å². The highest BCUT2D eigenvalue weighted by molar-refractivity contribution is 7.92. The van der Waals surface area contributed by atoms with E-state index < -0.39 is 60.1 Å². The first-order chi connectivity index (χ1) is 16.9. The van der Waals surface area contributed by atoms with Crippen LogP contribution in [0, 0.1) is 23.5 Å². The predicted molar refractivity (Wildman–Crippen MR) is 118 cm³/mol. The van der Waals surface area contributed by atoms with Crippen LogP contribution in [-0.2, 0) is 25.6 Å². The first-order valence-corrected chi connectivity index (χ1v) is 12.8. The molecule has 1 aliphatic heterocycles. The average molecular weight is 534 g/mol. The van der Waals surface area contributed by atoms with Crippen molar-refractivity contribution in [1.82, 2.24) is 5.32 Å². The summed E-state index contributed by atoms with van der Waals surface area (Å²) in [6, 6.07) is 4.55. The smallest absolute Gasteiger partial charge is 0.416 e. The van der Waals surface area contributed by atoms with E-state index in [2.05, 4.69) is 5.32 Å². The zero-order valence-corrected chi connectivity index (χ0v) is 19.8. The molecule has 0 aromatic heterocycles. The molecule has 0 radical (unpaired) electrons. The van der Waals surface area contributed by atoms with Crippen molar-refractivity contribution in [3.05, 3.63) is 59.2 Å². The molecule has 12 heteroatoms. The number of ether oxygens (including phenoxy) is 1. The summed E-state index contributed by atoms with van der Waals surface area (Å²) in [6.07, 6.45) is -4.54. The third-order valence-corrected chi connectivity index (χ3v) is 9.59. The van der Waals surface area contributed by atoms with Crippen LogP contribution in [0.2, 0.25) is 0 Å².